The van der Waals surface area contributed by atoms with Crippen molar-refractivity contribution < 1.29 is 18.3 Å². The highest BCUT2D eigenvalue weighted by atomic mass is 19.1. The van der Waals surface area contributed by atoms with E-state index in [0.717, 1.165) is 11.1 Å². The van der Waals surface area contributed by atoms with Crippen LogP contribution in [0.3, 0.4) is 0 Å². The second-order valence-electron chi connectivity index (χ2n) is 7.49. The predicted octanol–water partition coefficient (Wildman–Crippen LogP) is 5.08. The van der Waals surface area contributed by atoms with Crippen molar-refractivity contribution in [1.29, 1.82) is 0 Å². The van der Waals surface area contributed by atoms with E-state index in [1.54, 1.807) is 53.3 Å². The van der Waals surface area contributed by atoms with Gasteiger partial charge in [-0.15, -0.1) is 0 Å². The molecule has 2 aromatic carbocycles. The molecule has 0 bridgehead atoms. The average molecular weight is 448 g/mol. The van der Waals surface area contributed by atoms with E-state index in [4.69, 9.17) is 9.84 Å². The maximum atomic E-state index is 14.4. The van der Waals surface area contributed by atoms with Crippen molar-refractivity contribution in [2.75, 3.05) is 19.0 Å². The van der Waals surface area contributed by atoms with Crippen LogP contribution in [0.2, 0.25) is 0 Å². The van der Waals surface area contributed by atoms with Crippen molar-refractivity contribution in [3.8, 4) is 22.4 Å². The summed E-state index contributed by atoms with van der Waals surface area (Å²) in [5.74, 6) is -0.650. The molecular weight excluding hydrogens is 426 g/mol. The number of anilines is 1. The highest BCUT2D eigenvalue weighted by molar-refractivity contribution is 5.91. The summed E-state index contributed by atoms with van der Waals surface area (Å²) in [5, 5.41) is 7.40. The van der Waals surface area contributed by atoms with E-state index in [9.17, 15) is 13.6 Å². The lowest BCUT2D eigenvalue weighted by Gasteiger charge is -2.13. The number of hydrogen-bond donors (Lipinski definition) is 1. The van der Waals surface area contributed by atoms with E-state index in [-0.39, 0.29) is 30.2 Å². The first-order chi connectivity index (χ1) is 16.0. The molecule has 0 radical (unpaired) electrons. The van der Waals surface area contributed by atoms with Gasteiger partial charge in [0.05, 0.1) is 6.04 Å². The van der Waals surface area contributed by atoms with E-state index >= 15 is 0 Å². The molecule has 0 aliphatic heterocycles. The minimum atomic E-state index is -0.387. The van der Waals surface area contributed by atoms with Crippen LogP contribution in [0.15, 0.2) is 73.1 Å². The fourth-order valence-corrected chi connectivity index (χ4v) is 3.56. The molecule has 0 aliphatic carbocycles. The van der Waals surface area contributed by atoms with Gasteiger partial charge in [0, 0.05) is 36.2 Å². The van der Waals surface area contributed by atoms with Crippen molar-refractivity contribution in [2.45, 2.75) is 13.0 Å². The number of hydrogen-bond acceptors (Lipinski definition) is 4. The minimum Gasteiger partial charge on any atom is -0.375 e. The van der Waals surface area contributed by atoms with E-state index in [1.165, 1.54) is 25.3 Å². The third kappa shape index (κ3) is 4.96. The number of carbonyl (C=O) groups is 1. The molecule has 0 saturated carbocycles. The van der Waals surface area contributed by atoms with Crippen LogP contribution in [0.4, 0.5) is 14.6 Å². The molecule has 1 unspecified atom stereocenters. The zero-order valence-corrected chi connectivity index (χ0v) is 18.1. The highest BCUT2D eigenvalue weighted by Crippen LogP contribution is 2.34. The molecule has 0 spiro atoms. The molecule has 0 aliphatic rings. The molecule has 0 saturated heterocycles. The Kier molecular flexibility index (Phi) is 6.55. The van der Waals surface area contributed by atoms with Crippen LogP contribution in [0.25, 0.3) is 22.4 Å². The summed E-state index contributed by atoms with van der Waals surface area (Å²) in [6, 6.07) is 15.7. The van der Waals surface area contributed by atoms with Gasteiger partial charge in [0.1, 0.15) is 29.8 Å². The van der Waals surface area contributed by atoms with Crippen LogP contribution in [-0.4, -0.2) is 34.4 Å². The maximum Gasteiger partial charge on any atom is 0.251 e. The zero-order valence-electron chi connectivity index (χ0n) is 18.1. The van der Waals surface area contributed by atoms with Crippen LogP contribution in [-0.2, 0) is 9.53 Å². The zero-order chi connectivity index (χ0) is 23.4. The lowest BCUT2D eigenvalue weighted by molar-refractivity contribution is -0.119. The van der Waals surface area contributed by atoms with Crippen molar-refractivity contribution in [3.63, 3.8) is 0 Å². The van der Waals surface area contributed by atoms with Crippen molar-refractivity contribution in [2.24, 2.45) is 0 Å². The number of ether oxygens (including phenoxy) is 1. The Labute approximate surface area is 189 Å². The Morgan fingerprint density at radius 3 is 2.58 bits per heavy atom. The second kappa shape index (κ2) is 9.70. The standard InChI is InChI=1S/C25H22F2N4O2/c1-16(20-5-3-4-6-22(20)27)31-14-21(25(30-31)17-7-9-19(26)10-8-17)18-11-12-28-23(13-18)29-24(32)15-33-2/h3-14,16H,15H2,1-2H3,(H,28,29,32). The van der Waals surface area contributed by atoms with Gasteiger partial charge in [0.2, 0.25) is 0 Å². The van der Waals surface area contributed by atoms with Crippen LogP contribution in [0.5, 0.6) is 0 Å². The normalized spacial score (nSPS) is 11.9. The lowest BCUT2D eigenvalue weighted by Crippen LogP contribution is -2.17. The van der Waals surface area contributed by atoms with Crippen LogP contribution in [0.1, 0.15) is 18.5 Å². The molecule has 1 N–H and O–H groups in total. The predicted molar refractivity (Wildman–Crippen MR) is 122 cm³/mol. The van der Waals surface area contributed by atoms with Gasteiger partial charge in [-0.05, 0) is 55.0 Å². The minimum absolute atomic E-state index is 0.0924. The molecule has 2 heterocycles. The monoisotopic (exact) mass is 448 g/mol. The van der Waals surface area contributed by atoms with E-state index in [0.29, 0.717) is 22.6 Å². The van der Waals surface area contributed by atoms with Crippen LogP contribution in [0, 0.1) is 11.6 Å². The summed E-state index contributed by atoms with van der Waals surface area (Å²) < 4.78 is 34.5. The Hall–Kier alpha value is -3.91. The van der Waals surface area contributed by atoms with Gasteiger partial charge in [0.15, 0.2) is 0 Å². The van der Waals surface area contributed by atoms with Gasteiger partial charge in [-0.3, -0.25) is 9.48 Å². The number of rotatable bonds is 7. The Bertz CT molecular complexity index is 1270. The number of carbonyl (C=O) groups excluding carboxylic acids is 1. The molecule has 4 aromatic rings. The van der Waals surface area contributed by atoms with E-state index in [2.05, 4.69) is 10.3 Å². The summed E-state index contributed by atoms with van der Waals surface area (Å²) in [6.07, 6.45) is 3.38. The van der Waals surface area contributed by atoms with E-state index in [1.807, 2.05) is 13.1 Å². The number of pyridine rings is 1. The largest absolute Gasteiger partial charge is 0.375 e. The molecule has 8 heteroatoms. The molecule has 1 amide bonds. The van der Waals surface area contributed by atoms with Crippen molar-refractivity contribution in [1.82, 2.24) is 14.8 Å². The molecular formula is C25H22F2N4O2. The van der Waals surface area contributed by atoms with Crippen LogP contribution >= 0.6 is 0 Å². The van der Waals surface area contributed by atoms with Crippen molar-refractivity contribution >= 4 is 11.7 Å². The number of amides is 1. The molecule has 33 heavy (non-hydrogen) atoms. The van der Waals surface area contributed by atoms with Gasteiger partial charge in [-0.25, -0.2) is 13.8 Å². The number of nitrogens with one attached hydrogen (secondary N) is 1. The SMILES string of the molecule is COCC(=O)Nc1cc(-c2cn(C(C)c3ccccc3F)nc2-c2ccc(F)cc2)ccn1. The summed E-state index contributed by atoms with van der Waals surface area (Å²) in [4.78, 5) is 16.1. The molecule has 1 atom stereocenters. The van der Waals surface area contributed by atoms with Gasteiger partial charge in [0.25, 0.3) is 5.91 Å². The second-order valence-corrected chi connectivity index (χ2v) is 7.49. The lowest BCUT2D eigenvalue weighted by atomic mass is 10.0. The molecule has 4 rings (SSSR count). The molecule has 2 aromatic heterocycles. The highest BCUT2D eigenvalue weighted by Gasteiger charge is 2.19. The average Bonchev–Trinajstić information content (AvgIpc) is 3.25. The molecule has 0 fully saturated rings. The third-order valence-electron chi connectivity index (χ3n) is 5.22. The van der Waals surface area contributed by atoms with Gasteiger partial charge in [-0.2, -0.15) is 5.10 Å². The molecule has 168 valence electrons. The number of methoxy groups -OCH3 is 1. The fraction of sp³-hybridized carbons (Fsp3) is 0.160. The van der Waals surface area contributed by atoms with Gasteiger partial charge < -0.3 is 10.1 Å². The summed E-state index contributed by atoms with van der Waals surface area (Å²) in [5.41, 5.74) is 3.27. The number of aromatic nitrogens is 3. The summed E-state index contributed by atoms with van der Waals surface area (Å²) in [7, 11) is 1.43. The Balaban J connectivity index is 1.79. The third-order valence-corrected chi connectivity index (χ3v) is 5.22. The summed E-state index contributed by atoms with van der Waals surface area (Å²) in [6.45, 7) is 1.76. The first-order valence-electron chi connectivity index (χ1n) is 10.3. The Morgan fingerprint density at radius 1 is 1.09 bits per heavy atom. The van der Waals surface area contributed by atoms with E-state index < -0.39 is 0 Å². The smallest absolute Gasteiger partial charge is 0.251 e. The number of nitrogens with zero attached hydrogens (tertiary/aromatic N) is 3. The summed E-state index contributed by atoms with van der Waals surface area (Å²) >= 11 is 0. The van der Waals surface area contributed by atoms with Crippen molar-refractivity contribution in [3.05, 3.63) is 90.3 Å². The Morgan fingerprint density at radius 2 is 1.85 bits per heavy atom. The topological polar surface area (TPSA) is 69.0 Å². The first-order valence-corrected chi connectivity index (χ1v) is 10.3. The van der Waals surface area contributed by atoms with Crippen LogP contribution < -0.4 is 5.32 Å². The quantitative estimate of drug-likeness (QED) is 0.428. The van der Waals surface area contributed by atoms with Gasteiger partial charge >= 0.3 is 0 Å². The molecule has 6 nitrogen and oxygen atoms in total. The first kappa shape index (κ1) is 22.3. The number of benzene rings is 2. The van der Waals surface area contributed by atoms with Gasteiger partial charge in [-0.1, -0.05) is 18.2 Å². The number of halogens is 2. The maximum absolute atomic E-state index is 14.4. The fourth-order valence-electron chi connectivity index (χ4n) is 3.56.